The Morgan fingerprint density at radius 2 is 1.97 bits per heavy atom. The van der Waals surface area contributed by atoms with Crippen LogP contribution in [-0.2, 0) is 11.2 Å². The lowest BCUT2D eigenvalue weighted by atomic mass is 10.1. The van der Waals surface area contributed by atoms with Crippen molar-refractivity contribution in [1.29, 1.82) is 5.26 Å². The Labute approximate surface area is 197 Å². The molecule has 34 heavy (non-hydrogen) atoms. The number of rotatable bonds is 6. The van der Waals surface area contributed by atoms with E-state index in [2.05, 4.69) is 16.4 Å². The van der Waals surface area contributed by atoms with Crippen LogP contribution >= 0.6 is 0 Å². The number of para-hydroxylation sites is 1. The van der Waals surface area contributed by atoms with Gasteiger partial charge in [-0.1, -0.05) is 18.2 Å². The van der Waals surface area contributed by atoms with E-state index < -0.39 is 0 Å². The Balaban J connectivity index is 1.37. The molecule has 0 unspecified atom stereocenters. The number of likely N-dealkylation sites (N-methyl/N-ethyl adjacent to an activating group) is 1. The largest absolute Gasteiger partial charge is 0.335 e. The number of fused-ring (bicyclic) bond motifs is 3. The second-order valence-corrected chi connectivity index (χ2v) is 8.55. The van der Waals surface area contributed by atoms with E-state index in [1.165, 1.54) is 0 Å². The molecule has 8 nitrogen and oxygen atoms in total. The highest BCUT2D eigenvalue weighted by molar-refractivity contribution is 6.01. The van der Waals surface area contributed by atoms with E-state index in [0.29, 0.717) is 24.5 Å². The summed E-state index contributed by atoms with van der Waals surface area (Å²) in [6, 6.07) is 17.3. The molecule has 0 radical (unpaired) electrons. The lowest BCUT2D eigenvalue weighted by Gasteiger charge is -2.21. The number of benzene rings is 2. The van der Waals surface area contributed by atoms with Gasteiger partial charge in [0.15, 0.2) is 0 Å². The van der Waals surface area contributed by atoms with Crippen molar-refractivity contribution in [3.63, 3.8) is 0 Å². The molecule has 1 N–H and O–H groups in total. The van der Waals surface area contributed by atoms with Gasteiger partial charge in [0.2, 0.25) is 11.9 Å². The molecule has 170 valence electrons. The third-order valence-electron chi connectivity index (χ3n) is 6.20. The third-order valence-corrected chi connectivity index (χ3v) is 6.20. The highest BCUT2D eigenvalue weighted by Gasteiger charge is 2.32. The first-order chi connectivity index (χ1) is 16.5. The average Bonchev–Trinajstić information content (AvgIpc) is 3.70. The summed E-state index contributed by atoms with van der Waals surface area (Å²) in [4.78, 5) is 38.1. The van der Waals surface area contributed by atoms with Crippen LogP contribution in [0.4, 0.5) is 17.3 Å². The zero-order valence-corrected chi connectivity index (χ0v) is 18.9. The minimum absolute atomic E-state index is 0.00854. The van der Waals surface area contributed by atoms with Crippen LogP contribution < -0.4 is 10.2 Å². The summed E-state index contributed by atoms with van der Waals surface area (Å²) in [6.07, 6.45) is 4.26. The van der Waals surface area contributed by atoms with E-state index in [4.69, 9.17) is 10.2 Å². The molecule has 1 aliphatic carbocycles. The fourth-order valence-electron chi connectivity index (χ4n) is 4.21. The van der Waals surface area contributed by atoms with Crippen molar-refractivity contribution < 1.29 is 9.59 Å². The van der Waals surface area contributed by atoms with Gasteiger partial charge < -0.3 is 15.1 Å². The maximum atomic E-state index is 12.9. The van der Waals surface area contributed by atoms with Crippen molar-refractivity contribution in [2.75, 3.05) is 23.8 Å². The van der Waals surface area contributed by atoms with Gasteiger partial charge >= 0.3 is 0 Å². The molecule has 2 heterocycles. The van der Waals surface area contributed by atoms with Crippen LogP contribution in [-0.4, -0.2) is 46.3 Å². The molecular formula is C26H24N6O2. The van der Waals surface area contributed by atoms with Crippen LogP contribution in [0.5, 0.6) is 0 Å². The second-order valence-electron chi connectivity index (χ2n) is 8.55. The third kappa shape index (κ3) is 4.20. The molecule has 2 amide bonds. The smallest absolute Gasteiger partial charge is 0.254 e. The number of nitrogens with zero attached hydrogens (tertiary/aromatic N) is 5. The summed E-state index contributed by atoms with van der Waals surface area (Å²) in [6.45, 7) is 0.460. The maximum Gasteiger partial charge on any atom is 0.254 e. The van der Waals surface area contributed by atoms with E-state index in [0.717, 1.165) is 41.0 Å². The predicted octanol–water partition coefficient (Wildman–Crippen LogP) is 3.92. The molecule has 1 fully saturated rings. The minimum Gasteiger partial charge on any atom is -0.335 e. The van der Waals surface area contributed by atoms with Crippen molar-refractivity contribution in [2.45, 2.75) is 31.7 Å². The summed E-state index contributed by atoms with van der Waals surface area (Å²) in [7, 11) is 1.77. The van der Waals surface area contributed by atoms with E-state index >= 15 is 0 Å². The van der Waals surface area contributed by atoms with Gasteiger partial charge in [0.1, 0.15) is 0 Å². The van der Waals surface area contributed by atoms with Gasteiger partial charge in [-0.2, -0.15) is 5.26 Å². The molecule has 8 heteroatoms. The van der Waals surface area contributed by atoms with Crippen molar-refractivity contribution >= 4 is 29.1 Å². The lowest BCUT2D eigenvalue weighted by molar-refractivity contribution is -0.117. The van der Waals surface area contributed by atoms with Crippen molar-refractivity contribution in [3.8, 4) is 17.3 Å². The molecule has 0 saturated heterocycles. The van der Waals surface area contributed by atoms with E-state index in [1.807, 2.05) is 36.4 Å². The molecule has 1 aliphatic heterocycles. The average molecular weight is 453 g/mol. The van der Waals surface area contributed by atoms with Crippen molar-refractivity contribution in [2.24, 2.45) is 0 Å². The first kappa shape index (κ1) is 21.6. The van der Waals surface area contributed by atoms with Crippen molar-refractivity contribution in [3.05, 3.63) is 65.9 Å². The Kier molecular flexibility index (Phi) is 5.68. The summed E-state index contributed by atoms with van der Waals surface area (Å²) < 4.78 is 0. The number of carbonyl (C=O) groups is 2. The number of carbonyl (C=O) groups excluding carboxylic acids is 2. The van der Waals surface area contributed by atoms with Gasteiger partial charge in [-0.05, 0) is 43.2 Å². The molecule has 1 saturated carbocycles. The number of hydrogen-bond donors (Lipinski definition) is 1. The van der Waals surface area contributed by atoms with Crippen LogP contribution in [0, 0.1) is 11.3 Å². The SMILES string of the molecule is CN1C(=O)Cc2cnc(Nc3ccc(C(=O)N(CCC#N)C4CC4)cc3)nc2-c2ccccc21. The van der Waals surface area contributed by atoms with Gasteiger partial charge in [0, 0.05) is 48.2 Å². The maximum absolute atomic E-state index is 12.9. The number of nitrogens with one attached hydrogen (secondary N) is 1. The number of hydrogen-bond acceptors (Lipinski definition) is 6. The molecule has 0 bridgehead atoms. The fraction of sp³-hybridized carbons (Fsp3) is 0.269. The van der Waals surface area contributed by atoms with E-state index in [-0.39, 0.29) is 24.3 Å². The van der Waals surface area contributed by atoms with Gasteiger partial charge in [-0.3, -0.25) is 9.59 Å². The fourth-order valence-corrected chi connectivity index (χ4v) is 4.21. The molecular weight excluding hydrogens is 428 g/mol. The van der Waals surface area contributed by atoms with E-state index in [1.54, 1.807) is 35.2 Å². The monoisotopic (exact) mass is 452 g/mol. The number of aromatic nitrogens is 2. The number of amides is 2. The Bertz CT molecular complexity index is 1290. The second kappa shape index (κ2) is 8.94. The normalized spacial score (nSPS) is 14.5. The van der Waals surface area contributed by atoms with Gasteiger partial charge in [-0.15, -0.1) is 0 Å². The van der Waals surface area contributed by atoms with E-state index in [9.17, 15) is 9.59 Å². The lowest BCUT2D eigenvalue weighted by Crippen LogP contribution is -2.33. The van der Waals surface area contributed by atoms with Gasteiger partial charge in [0.05, 0.1) is 30.3 Å². The van der Waals surface area contributed by atoms with Crippen LogP contribution in [0.1, 0.15) is 35.2 Å². The molecule has 2 aliphatic rings. The first-order valence-corrected chi connectivity index (χ1v) is 11.3. The van der Waals surface area contributed by atoms with Gasteiger partial charge in [-0.25, -0.2) is 9.97 Å². The topological polar surface area (TPSA) is 102 Å². The number of anilines is 3. The van der Waals surface area contributed by atoms with Crippen molar-refractivity contribution in [1.82, 2.24) is 14.9 Å². The number of nitriles is 1. The molecule has 0 atom stereocenters. The Hall–Kier alpha value is -4.25. The molecule has 3 aromatic rings. The Morgan fingerprint density at radius 3 is 2.71 bits per heavy atom. The summed E-state index contributed by atoms with van der Waals surface area (Å²) in [5.74, 6) is 0.361. The first-order valence-electron chi connectivity index (χ1n) is 11.3. The summed E-state index contributed by atoms with van der Waals surface area (Å²) in [5, 5.41) is 12.1. The summed E-state index contributed by atoms with van der Waals surface area (Å²) in [5.41, 5.74) is 4.56. The molecule has 2 aromatic carbocycles. The zero-order valence-electron chi connectivity index (χ0n) is 18.9. The van der Waals surface area contributed by atoms with Gasteiger partial charge in [0.25, 0.3) is 5.91 Å². The standard InChI is InChI=1S/C26H24N6O2/c1-31-22-6-3-2-5-21(22)24-18(15-23(31)33)16-28-26(30-24)29-19-9-7-17(8-10-19)25(34)32(14-4-13-27)20-11-12-20/h2-3,5-10,16,20H,4,11-12,14-15H2,1H3,(H,28,29,30). The highest BCUT2D eigenvalue weighted by atomic mass is 16.2. The summed E-state index contributed by atoms with van der Waals surface area (Å²) >= 11 is 0. The Morgan fingerprint density at radius 1 is 1.21 bits per heavy atom. The van der Waals surface area contributed by atoms with Crippen LogP contribution in [0.3, 0.4) is 0 Å². The minimum atomic E-state index is -0.0454. The highest BCUT2D eigenvalue weighted by Crippen LogP contribution is 2.35. The predicted molar refractivity (Wildman–Crippen MR) is 129 cm³/mol. The zero-order chi connectivity index (χ0) is 23.7. The molecule has 5 rings (SSSR count). The molecule has 0 spiro atoms. The van der Waals surface area contributed by atoms with Crippen LogP contribution in [0.2, 0.25) is 0 Å². The molecule has 1 aromatic heterocycles. The quantitative estimate of drug-likeness (QED) is 0.608. The van der Waals surface area contributed by atoms with Crippen LogP contribution in [0.15, 0.2) is 54.7 Å². The van der Waals surface area contributed by atoms with Crippen LogP contribution in [0.25, 0.3) is 11.3 Å².